The van der Waals surface area contributed by atoms with Gasteiger partial charge < -0.3 is 4.90 Å². The number of hydrogen-bond acceptors (Lipinski definition) is 6. The SMILES string of the molecule is CCCCc1nc(-c2cc(C)c3c(=O)[nH]c(=O)[nH]c3n2)n(CCN2CCCCC2)n1. The predicted octanol–water partition coefficient (Wildman–Crippen LogP) is 2.01. The second kappa shape index (κ2) is 8.91. The molecule has 0 atom stereocenters. The fraction of sp³-hybridized carbons (Fsp3) is 0.571. The number of aryl methyl sites for hydroxylation is 2. The van der Waals surface area contributed by atoms with Crippen LogP contribution in [0.2, 0.25) is 0 Å². The van der Waals surface area contributed by atoms with E-state index in [0.29, 0.717) is 16.9 Å². The Hall–Kier alpha value is -2.81. The number of nitrogens with one attached hydrogen (secondary N) is 2. The van der Waals surface area contributed by atoms with E-state index < -0.39 is 11.2 Å². The van der Waals surface area contributed by atoms with Gasteiger partial charge in [-0.2, -0.15) is 5.10 Å². The van der Waals surface area contributed by atoms with Gasteiger partial charge in [0.25, 0.3) is 5.56 Å². The van der Waals surface area contributed by atoms with Gasteiger partial charge in [0.2, 0.25) is 0 Å². The van der Waals surface area contributed by atoms with E-state index in [-0.39, 0.29) is 5.65 Å². The fourth-order valence-corrected chi connectivity index (χ4v) is 4.06. The number of nitrogens with zero attached hydrogens (tertiary/aromatic N) is 5. The van der Waals surface area contributed by atoms with Gasteiger partial charge in [-0.15, -0.1) is 0 Å². The van der Waals surface area contributed by atoms with Gasteiger partial charge in [0.15, 0.2) is 11.6 Å². The van der Waals surface area contributed by atoms with E-state index in [1.165, 1.54) is 19.3 Å². The first-order valence-electron chi connectivity index (χ1n) is 10.9. The number of aromatic amines is 2. The molecule has 9 heteroatoms. The predicted molar refractivity (Wildman–Crippen MR) is 116 cm³/mol. The van der Waals surface area contributed by atoms with Gasteiger partial charge in [-0.1, -0.05) is 19.8 Å². The molecule has 0 spiro atoms. The Morgan fingerprint density at radius 2 is 1.87 bits per heavy atom. The van der Waals surface area contributed by atoms with E-state index in [9.17, 15) is 9.59 Å². The number of unbranched alkanes of at least 4 members (excludes halogenated alkanes) is 1. The van der Waals surface area contributed by atoms with E-state index in [2.05, 4.69) is 26.8 Å². The number of aromatic nitrogens is 6. The molecule has 1 aliphatic rings. The van der Waals surface area contributed by atoms with Crippen molar-refractivity contribution >= 4 is 11.0 Å². The molecule has 0 aromatic carbocycles. The van der Waals surface area contributed by atoms with Crippen molar-refractivity contribution in [2.45, 2.75) is 58.9 Å². The molecule has 0 bridgehead atoms. The van der Waals surface area contributed by atoms with Crippen molar-refractivity contribution < 1.29 is 0 Å². The number of likely N-dealkylation sites (tertiary alicyclic amines) is 1. The summed E-state index contributed by atoms with van der Waals surface area (Å²) in [7, 11) is 0. The van der Waals surface area contributed by atoms with E-state index in [1.807, 2.05) is 17.7 Å². The van der Waals surface area contributed by atoms with Gasteiger partial charge in [-0.25, -0.2) is 19.4 Å². The van der Waals surface area contributed by atoms with Crippen molar-refractivity contribution in [2.75, 3.05) is 19.6 Å². The zero-order valence-electron chi connectivity index (χ0n) is 17.7. The largest absolute Gasteiger partial charge is 0.327 e. The Kier molecular flexibility index (Phi) is 6.08. The summed E-state index contributed by atoms with van der Waals surface area (Å²) in [6, 6.07) is 1.85. The summed E-state index contributed by atoms with van der Waals surface area (Å²) in [4.78, 5) is 40.6. The fourth-order valence-electron chi connectivity index (χ4n) is 4.06. The monoisotopic (exact) mass is 411 g/mol. The highest BCUT2D eigenvalue weighted by Gasteiger charge is 2.18. The van der Waals surface area contributed by atoms with Crippen LogP contribution < -0.4 is 11.2 Å². The number of hydrogen-bond donors (Lipinski definition) is 2. The molecule has 0 aliphatic carbocycles. The average molecular weight is 412 g/mol. The Bertz CT molecular complexity index is 1140. The van der Waals surface area contributed by atoms with E-state index in [0.717, 1.165) is 56.8 Å². The summed E-state index contributed by atoms with van der Waals surface area (Å²) < 4.78 is 1.93. The van der Waals surface area contributed by atoms with Crippen molar-refractivity contribution in [1.82, 2.24) is 34.6 Å². The van der Waals surface area contributed by atoms with Crippen LogP contribution in [0.15, 0.2) is 15.7 Å². The van der Waals surface area contributed by atoms with Crippen LogP contribution in [0.4, 0.5) is 0 Å². The molecule has 0 saturated carbocycles. The molecule has 160 valence electrons. The third-order valence-electron chi connectivity index (χ3n) is 5.68. The molecule has 1 saturated heterocycles. The van der Waals surface area contributed by atoms with Gasteiger partial charge in [0.05, 0.1) is 11.9 Å². The van der Waals surface area contributed by atoms with Crippen LogP contribution in [0.1, 0.15) is 50.4 Å². The summed E-state index contributed by atoms with van der Waals surface area (Å²) in [5.74, 6) is 1.49. The minimum atomic E-state index is -0.563. The van der Waals surface area contributed by atoms with Crippen LogP contribution in [0, 0.1) is 6.92 Å². The first-order chi connectivity index (χ1) is 14.5. The number of H-pyrrole nitrogens is 2. The summed E-state index contributed by atoms with van der Waals surface area (Å²) in [5.41, 5.74) is 0.648. The Balaban J connectivity index is 1.71. The maximum absolute atomic E-state index is 12.2. The summed E-state index contributed by atoms with van der Waals surface area (Å²) in [5, 5.41) is 5.14. The minimum Gasteiger partial charge on any atom is -0.301 e. The molecular formula is C21H29N7O2. The molecule has 3 aromatic heterocycles. The molecule has 3 aromatic rings. The molecule has 4 heterocycles. The third-order valence-corrected chi connectivity index (χ3v) is 5.68. The quantitative estimate of drug-likeness (QED) is 0.615. The van der Waals surface area contributed by atoms with Crippen molar-refractivity contribution in [1.29, 1.82) is 0 Å². The highest BCUT2D eigenvalue weighted by atomic mass is 16.2. The van der Waals surface area contributed by atoms with Crippen LogP contribution in [0.3, 0.4) is 0 Å². The Morgan fingerprint density at radius 3 is 2.63 bits per heavy atom. The van der Waals surface area contributed by atoms with Crippen molar-refractivity contribution in [3.8, 4) is 11.5 Å². The van der Waals surface area contributed by atoms with Gasteiger partial charge in [-0.3, -0.25) is 14.8 Å². The lowest BCUT2D eigenvalue weighted by molar-refractivity contribution is 0.218. The van der Waals surface area contributed by atoms with Crippen LogP contribution in [0.25, 0.3) is 22.6 Å². The first kappa shape index (κ1) is 20.5. The molecule has 4 rings (SSSR count). The summed E-state index contributed by atoms with van der Waals surface area (Å²) in [6.07, 6.45) is 6.74. The molecular weight excluding hydrogens is 382 g/mol. The van der Waals surface area contributed by atoms with E-state index in [4.69, 9.17) is 10.1 Å². The number of fused-ring (bicyclic) bond motifs is 1. The third kappa shape index (κ3) is 4.35. The van der Waals surface area contributed by atoms with Crippen LogP contribution in [-0.4, -0.2) is 54.3 Å². The van der Waals surface area contributed by atoms with Gasteiger partial charge >= 0.3 is 5.69 Å². The summed E-state index contributed by atoms with van der Waals surface area (Å²) in [6.45, 7) is 7.91. The zero-order chi connectivity index (χ0) is 21.1. The molecule has 2 N–H and O–H groups in total. The molecule has 9 nitrogen and oxygen atoms in total. The lowest BCUT2D eigenvalue weighted by Crippen LogP contribution is -2.32. The maximum Gasteiger partial charge on any atom is 0.327 e. The summed E-state index contributed by atoms with van der Waals surface area (Å²) >= 11 is 0. The molecule has 0 radical (unpaired) electrons. The molecule has 30 heavy (non-hydrogen) atoms. The van der Waals surface area contributed by atoms with Crippen molar-refractivity contribution in [3.63, 3.8) is 0 Å². The highest BCUT2D eigenvalue weighted by molar-refractivity contribution is 5.80. The van der Waals surface area contributed by atoms with Crippen LogP contribution >= 0.6 is 0 Å². The standard InChI is InChI=1S/C21H29N7O2/c1-3-4-8-16-23-19(28(26-16)12-11-27-9-6-5-7-10-27)15-13-14(2)17-18(22-15)24-21(30)25-20(17)29/h13H,3-12H2,1-2H3,(H2,22,24,25,29,30). The molecule has 1 aliphatic heterocycles. The van der Waals surface area contributed by atoms with Gasteiger partial charge in [0, 0.05) is 13.0 Å². The number of piperidine rings is 1. The van der Waals surface area contributed by atoms with Gasteiger partial charge in [0.1, 0.15) is 11.3 Å². The first-order valence-corrected chi connectivity index (χ1v) is 10.9. The second-order valence-electron chi connectivity index (χ2n) is 8.04. The topological polar surface area (TPSA) is 113 Å². The normalized spacial score (nSPS) is 15.1. The Morgan fingerprint density at radius 1 is 1.07 bits per heavy atom. The highest BCUT2D eigenvalue weighted by Crippen LogP contribution is 2.21. The maximum atomic E-state index is 12.2. The van der Waals surface area contributed by atoms with Crippen molar-refractivity contribution in [3.05, 3.63) is 38.3 Å². The smallest absolute Gasteiger partial charge is 0.301 e. The molecule has 0 unspecified atom stereocenters. The average Bonchev–Trinajstić information content (AvgIpc) is 3.13. The lowest BCUT2D eigenvalue weighted by atomic mass is 10.1. The number of rotatable bonds is 7. The van der Waals surface area contributed by atoms with Gasteiger partial charge in [-0.05, 0) is 50.9 Å². The second-order valence-corrected chi connectivity index (χ2v) is 8.04. The molecule has 1 fully saturated rings. The lowest BCUT2D eigenvalue weighted by Gasteiger charge is -2.26. The minimum absolute atomic E-state index is 0.277. The van der Waals surface area contributed by atoms with Crippen LogP contribution in [0.5, 0.6) is 0 Å². The number of pyridine rings is 1. The zero-order valence-corrected chi connectivity index (χ0v) is 17.7. The van der Waals surface area contributed by atoms with Crippen molar-refractivity contribution in [2.24, 2.45) is 0 Å². The molecule has 0 amide bonds. The van der Waals surface area contributed by atoms with E-state index >= 15 is 0 Å². The Labute approximate surface area is 174 Å². The van der Waals surface area contributed by atoms with E-state index in [1.54, 1.807) is 0 Å². The van der Waals surface area contributed by atoms with Crippen LogP contribution in [-0.2, 0) is 13.0 Å².